The van der Waals surface area contributed by atoms with Gasteiger partial charge in [0.15, 0.2) is 0 Å². The highest BCUT2D eigenvalue weighted by Gasteiger charge is 2.72. The van der Waals surface area contributed by atoms with Gasteiger partial charge in [0.1, 0.15) is 17.3 Å². The van der Waals surface area contributed by atoms with E-state index in [-0.39, 0.29) is 16.5 Å². The zero-order valence-corrected chi connectivity index (χ0v) is 18.1. The van der Waals surface area contributed by atoms with Crippen LogP contribution in [0.4, 0.5) is 10.1 Å². The molecule has 0 bridgehead atoms. The summed E-state index contributed by atoms with van der Waals surface area (Å²) in [4.78, 5) is 26.3. The summed E-state index contributed by atoms with van der Waals surface area (Å²) in [5, 5.41) is 16.8. The van der Waals surface area contributed by atoms with Crippen LogP contribution >= 0.6 is 23.2 Å². The van der Waals surface area contributed by atoms with E-state index in [1.165, 1.54) is 12.1 Å². The van der Waals surface area contributed by atoms with Gasteiger partial charge in [0.2, 0.25) is 5.91 Å². The van der Waals surface area contributed by atoms with Crippen LogP contribution in [0.3, 0.4) is 0 Å². The molecule has 0 radical (unpaired) electrons. The second-order valence-corrected chi connectivity index (χ2v) is 9.52. The zero-order valence-electron chi connectivity index (χ0n) is 16.6. The maximum atomic E-state index is 15.3. The number of carbonyl (C=O) groups is 2. The largest absolute Gasteiger partial charge is 0.480 e. The quantitative estimate of drug-likeness (QED) is 0.594. The van der Waals surface area contributed by atoms with Crippen molar-refractivity contribution in [2.75, 3.05) is 5.32 Å². The molecule has 3 N–H and O–H groups in total. The summed E-state index contributed by atoms with van der Waals surface area (Å²) in [7, 11) is 0. The molecule has 3 aliphatic rings. The summed E-state index contributed by atoms with van der Waals surface area (Å²) < 4.78 is 15.3. The molecule has 1 saturated carbocycles. The summed E-state index contributed by atoms with van der Waals surface area (Å²) in [5.74, 6) is -3.12. The third-order valence-corrected chi connectivity index (χ3v) is 7.82. The van der Waals surface area contributed by atoms with Crippen LogP contribution in [0.15, 0.2) is 36.4 Å². The van der Waals surface area contributed by atoms with Gasteiger partial charge in [-0.2, -0.15) is 0 Å². The van der Waals surface area contributed by atoms with E-state index in [2.05, 4.69) is 10.6 Å². The topological polar surface area (TPSA) is 78.4 Å². The molecule has 3 atom stereocenters. The van der Waals surface area contributed by atoms with E-state index in [0.29, 0.717) is 29.1 Å². The fourth-order valence-electron chi connectivity index (χ4n) is 6.21. The van der Waals surface area contributed by atoms with Crippen molar-refractivity contribution in [1.29, 1.82) is 0 Å². The lowest BCUT2D eigenvalue weighted by Crippen LogP contribution is -2.60. The van der Waals surface area contributed by atoms with Crippen molar-refractivity contribution in [1.82, 2.24) is 5.32 Å². The number of anilines is 1. The number of halogens is 3. The van der Waals surface area contributed by atoms with Gasteiger partial charge in [0.25, 0.3) is 0 Å². The van der Waals surface area contributed by atoms with E-state index in [4.69, 9.17) is 23.2 Å². The highest BCUT2D eigenvalue weighted by Crippen LogP contribution is 2.62. The van der Waals surface area contributed by atoms with Gasteiger partial charge >= 0.3 is 5.97 Å². The molecule has 5 rings (SSSR count). The molecule has 1 amide bonds. The molecular weight excluding hydrogens is 442 g/mol. The minimum atomic E-state index is -1.30. The number of nitrogens with one attached hydrogen (secondary N) is 2. The number of hydrogen-bond acceptors (Lipinski definition) is 3. The van der Waals surface area contributed by atoms with Crippen molar-refractivity contribution in [3.05, 3.63) is 63.4 Å². The lowest BCUT2D eigenvalue weighted by molar-refractivity contribution is -0.139. The smallest absolute Gasteiger partial charge is 0.321 e. The number of hydrogen-bond donors (Lipinski definition) is 3. The van der Waals surface area contributed by atoms with Crippen molar-refractivity contribution in [2.45, 2.75) is 55.0 Å². The summed E-state index contributed by atoms with van der Waals surface area (Å²) in [6.45, 7) is 0. The molecule has 2 fully saturated rings. The molecule has 2 spiro atoms. The molecule has 2 aliphatic heterocycles. The van der Waals surface area contributed by atoms with Crippen molar-refractivity contribution >= 4 is 40.8 Å². The van der Waals surface area contributed by atoms with Crippen molar-refractivity contribution in [3.63, 3.8) is 0 Å². The molecule has 2 unspecified atom stereocenters. The minimum absolute atomic E-state index is 0.101. The Morgan fingerprint density at radius 2 is 1.87 bits per heavy atom. The molecule has 5 nitrogen and oxygen atoms in total. The summed E-state index contributed by atoms with van der Waals surface area (Å²) in [6.07, 6.45) is 3.93. The normalized spacial score (nSPS) is 28.7. The third-order valence-electron chi connectivity index (χ3n) is 7.29. The Labute approximate surface area is 188 Å². The van der Waals surface area contributed by atoms with Crippen LogP contribution in [0.1, 0.15) is 49.1 Å². The number of carbonyl (C=O) groups excluding carboxylic acids is 1. The SMILES string of the molecule is O=C(O)C1NC2(CCCCC2)[C@@]2(C(=O)Nc3cc(Cl)ccc32)C1c1cccc(Cl)c1F. The van der Waals surface area contributed by atoms with Crippen LogP contribution < -0.4 is 10.6 Å². The second-order valence-electron chi connectivity index (χ2n) is 8.68. The Bertz CT molecular complexity index is 1100. The molecule has 162 valence electrons. The van der Waals surface area contributed by atoms with Gasteiger partial charge in [0, 0.05) is 22.2 Å². The standard InChI is InChI=1S/C23H21Cl2FN2O3/c24-12-7-8-14-16(11-12)27-21(31)23(14)17(13-5-4-6-15(25)18(13)26)19(20(29)30)28-22(23)9-2-1-3-10-22/h4-8,11,17,19,28H,1-3,9-10H2,(H,27,31)(H,29,30)/t17?,19?,23-/m1/s1. The molecule has 1 saturated heterocycles. The van der Waals surface area contributed by atoms with Gasteiger partial charge in [-0.1, -0.05) is 60.7 Å². The van der Waals surface area contributed by atoms with Gasteiger partial charge in [0.05, 0.1) is 5.02 Å². The van der Waals surface area contributed by atoms with Crippen LogP contribution in [-0.2, 0) is 15.0 Å². The highest BCUT2D eigenvalue weighted by molar-refractivity contribution is 6.31. The second kappa shape index (κ2) is 7.19. The molecule has 2 aromatic carbocycles. The number of fused-ring (bicyclic) bond motifs is 3. The Balaban J connectivity index is 1.86. The monoisotopic (exact) mass is 462 g/mol. The Morgan fingerprint density at radius 1 is 1.13 bits per heavy atom. The van der Waals surface area contributed by atoms with E-state index in [0.717, 1.165) is 19.3 Å². The molecule has 1 aliphatic carbocycles. The predicted molar refractivity (Wildman–Crippen MR) is 116 cm³/mol. The molecule has 8 heteroatoms. The number of aliphatic carboxylic acids is 1. The van der Waals surface area contributed by atoms with Crippen molar-refractivity contribution in [3.8, 4) is 0 Å². The number of carboxylic acid groups (broad SMARTS) is 1. The summed E-state index contributed by atoms with van der Waals surface area (Å²) in [6, 6.07) is 8.52. The zero-order chi connectivity index (χ0) is 22.0. The number of amides is 1. The van der Waals surface area contributed by atoms with Crippen LogP contribution in [0.25, 0.3) is 0 Å². The fraction of sp³-hybridized carbons (Fsp3) is 0.391. The Morgan fingerprint density at radius 3 is 2.58 bits per heavy atom. The maximum Gasteiger partial charge on any atom is 0.321 e. The third kappa shape index (κ3) is 2.71. The number of benzene rings is 2. The Kier molecular flexibility index (Phi) is 4.81. The van der Waals surface area contributed by atoms with Crippen molar-refractivity contribution in [2.24, 2.45) is 0 Å². The van der Waals surface area contributed by atoms with E-state index < -0.39 is 34.7 Å². The highest BCUT2D eigenvalue weighted by atomic mass is 35.5. The molecule has 2 aromatic rings. The van der Waals surface area contributed by atoms with Crippen LogP contribution in [0.2, 0.25) is 10.0 Å². The van der Waals surface area contributed by atoms with Gasteiger partial charge in [-0.25, -0.2) is 4.39 Å². The molecular formula is C23H21Cl2FN2O3. The van der Waals surface area contributed by atoms with Crippen molar-refractivity contribution < 1.29 is 19.1 Å². The van der Waals surface area contributed by atoms with Gasteiger partial charge in [-0.15, -0.1) is 0 Å². The van der Waals surface area contributed by atoms with E-state index in [1.54, 1.807) is 24.3 Å². The number of carboxylic acids is 1. The van der Waals surface area contributed by atoms with E-state index >= 15 is 4.39 Å². The van der Waals surface area contributed by atoms with Crippen LogP contribution in [-0.4, -0.2) is 28.6 Å². The first-order chi connectivity index (χ1) is 14.8. The lowest BCUT2D eigenvalue weighted by Gasteiger charge is -2.47. The molecule has 0 aromatic heterocycles. The van der Waals surface area contributed by atoms with E-state index in [1.807, 2.05) is 0 Å². The average molecular weight is 463 g/mol. The van der Waals surface area contributed by atoms with E-state index in [9.17, 15) is 14.7 Å². The lowest BCUT2D eigenvalue weighted by atomic mass is 9.55. The van der Waals surface area contributed by atoms with Crippen LogP contribution in [0.5, 0.6) is 0 Å². The van der Waals surface area contributed by atoms with Crippen LogP contribution in [0, 0.1) is 5.82 Å². The first kappa shape index (κ1) is 20.7. The molecule has 31 heavy (non-hydrogen) atoms. The molecule has 2 heterocycles. The van der Waals surface area contributed by atoms with Gasteiger partial charge < -0.3 is 10.4 Å². The average Bonchev–Trinajstić information content (AvgIpc) is 3.18. The minimum Gasteiger partial charge on any atom is -0.480 e. The van der Waals surface area contributed by atoms with Gasteiger partial charge in [-0.3, -0.25) is 14.9 Å². The summed E-state index contributed by atoms with van der Waals surface area (Å²) >= 11 is 12.3. The fourth-order valence-corrected chi connectivity index (χ4v) is 6.56. The number of rotatable bonds is 2. The first-order valence-electron chi connectivity index (χ1n) is 10.4. The summed E-state index contributed by atoms with van der Waals surface area (Å²) in [5.41, 5.74) is -0.793. The predicted octanol–water partition coefficient (Wildman–Crippen LogP) is 4.87. The van der Waals surface area contributed by atoms with Gasteiger partial charge in [-0.05, 0) is 42.2 Å². The Hall–Kier alpha value is -2.15. The maximum absolute atomic E-state index is 15.3. The first-order valence-corrected chi connectivity index (χ1v) is 11.1.